The maximum Gasteiger partial charge on any atom is 0.326 e. The molecule has 20 heavy (non-hydrogen) atoms. The van der Waals surface area contributed by atoms with E-state index in [1.165, 1.54) is 14.0 Å². The monoisotopic (exact) mass is 275 g/mol. The van der Waals surface area contributed by atoms with Crippen molar-refractivity contribution in [3.8, 4) is 0 Å². The van der Waals surface area contributed by atoms with Gasteiger partial charge in [-0.1, -0.05) is 0 Å². The maximum atomic E-state index is 12.2. The Kier molecular flexibility index (Phi) is 3.53. The molecule has 5 heteroatoms. The zero-order valence-corrected chi connectivity index (χ0v) is 11.9. The summed E-state index contributed by atoms with van der Waals surface area (Å²) in [6.45, 7) is 5.41. The molecule has 1 atom stereocenters. The topological polar surface area (TPSA) is 70.8 Å². The lowest BCUT2D eigenvalue weighted by atomic mass is 10.1. The van der Waals surface area contributed by atoms with Crippen molar-refractivity contribution in [1.82, 2.24) is 4.90 Å². The second-order valence-electron chi connectivity index (χ2n) is 5.02. The maximum absolute atomic E-state index is 12.2. The number of carbonyl (C=O) groups excluding carboxylic acids is 1. The van der Waals surface area contributed by atoms with E-state index >= 15 is 0 Å². The molecule has 0 radical (unpaired) electrons. The SMILES string of the molecule is Cc1cc2cc(C(=O)N(C)C(C)C(=O)O)oc2cc1C. The third kappa shape index (κ3) is 2.39. The number of furan rings is 1. The van der Waals surface area contributed by atoms with E-state index in [4.69, 9.17) is 9.52 Å². The highest BCUT2D eigenvalue weighted by molar-refractivity contribution is 5.97. The van der Waals surface area contributed by atoms with Gasteiger partial charge in [0.2, 0.25) is 0 Å². The third-order valence-corrected chi connectivity index (χ3v) is 3.60. The minimum atomic E-state index is -1.05. The van der Waals surface area contributed by atoms with E-state index in [9.17, 15) is 9.59 Å². The molecule has 0 aliphatic rings. The van der Waals surface area contributed by atoms with Crippen molar-refractivity contribution in [3.63, 3.8) is 0 Å². The molecule has 1 N–H and O–H groups in total. The number of hydrogen-bond acceptors (Lipinski definition) is 3. The van der Waals surface area contributed by atoms with Gasteiger partial charge in [-0.3, -0.25) is 4.79 Å². The highest BCUT2D eigenvalue weighted by Crippen LogP contribution is 2.24. The highest BCUT2D eigenvalue weighted by atomic mass is 16.4. The first-order valence-electron chi connectivity index (χ1n) is 6.32. The van der Waals surface area contributed by atoms with E-state index in [1.54, 1.807) is 6.07 Å². The number of aliphatic carboxylic acids is 1. The molecule has 2 aromatic rings. The molecule has 1 unspecified atom stereocenters. The molecule has 0 spiro atoms. The van der Waals surface area contributed by atoms with Gasteiger partial charge in [0, 0.05) is 12.4 Å². The van der Waals surface area contributed by atoms with Crippen LogP contribution in [0.5, 0.6) is 0 Å². The Hall–Kier alpha value is -2.30. The third-order valence-electron chi connectivity index (χ3n) is 3.60. The first kappa shape index (κ1) is 14.1. The number of nitrogens with zero attached hydrogens (tertiary/aromatic N) is 1. The second kappa shape index (κ2) is 5.00. The summed E-state index contributed by atoms with van der Waals surface area (Å²) in [5.41, 5.74) is 2.83. The van der Waals surface area contributed by atoms with Gasteiger partial charge in [-0.25, -0.2) is 4.79 Å². The highest BCUT2D eigenvalue weighted by Gasteiger charge is 2.25. The molecular formula is C15H17NO4. The number of rotatable bonds is 3. The standard InChI is InChI=1S/C15H17NO4/c1-8-5-11-7-13(20-12(11)6-9(8)2)14(17)16(4)10(3)15(18)19/h5-7,10H,1-4H3,(H,18,19). The Morgan fingerprint density at radius 3 is 2.40 bits per heavy atom. The number of amides is 1. The molecule has 1 heterocycles. The Bertz CT molecular complexity index is 647. The Balaban J connectivity index is 2.38. The lowest BCUT2D eigenvalue weighted by Gasteiger charge is -2.19. The van der Waals surface area contributed by atoms with Crippen molar-refractivity contribution in [1.29, 1.82) is 0 Å². The number of benzene rings is 1. The number of carboxylic acids is 1. The molecule has 0 saturated heterocycles. The first-order chi connectivity index (χ1) is 9.31. The van der Waals surface area contributed by atoms with Crippen molar-refractivity contribution in [2.75, 3.05) is 7.05 Å². The molecular weight excluding hydrogens is 258 g/mol. The van der Waals surface area contributed by atoms with Crippen LogP contribution in [0.3, 0.4) is 0 Å². The van der Waals surface area contributed by atoms with Gasteiger partial charge in [0.1, 0.15) is 11.6 Å². The summed E-state index contributed by atoms with van der Waals surface area (Å²) < 4.78 is 5.53. The summed E-state index contributed by atoms with van der Waals surface area (Å²) in [6, 6.07) is 4.57. The van der Waals surface area contributed by atoms with Gasteiger partial charge in [-0.2, -0.15) is 0 Å². The fourth-order valence-electron chi connectivity index (χ4n) is 1.92. The summed E-state index contributed by atoms with van der Waals surface area (Å²) >= 11 is 0. The number of carbonyl (C=O) groups is 2. The number of aryl methyl sites for hydroxylation is 2. The summed E-state index contributed by atoms with van der Waals surface area (Å²) in [5, 5.41) is 9.78. The van der Waals surface area contributed by atoms with Gasteiger partial charge >= 0.3 is 5.97 Å². The van der Waals surface area contributed by atoms with Crippen molar-refractivity contribution < 1.29 is 19.1 Å². The predicted octanol–water partition coefficient (Wildman–Crippen LogP) is 2.59. The van der Waals surface area contributed by atoms with Crippen LogP contribution in [0.2, 0.25) is 0 Å². The molecule has 0 aliphatic heterocycles. The zero-order chi connectivity index (χ0) is 15.0. The van der Waals surface area contributed by atoms with Gasteiger partial charge < -0.3 is 14.4 Å². The summed E-state index contributed by atoms with van der Waals surface area (Å²) in [7, 11) is 1.45. The first-order valence-corrected chi connectivity index (χ1v) is 6.32. The van der Waals surface area contributed by atoms with Gasteiger partial charge in [0.05, 0.1) is 0 Å². The Morgan fingerprint density at radius 1 is 1.20 bits per heavy atom. The molecule has 5 nitrogen and oxygen atoms in total. The number of carboxylic acid groups (broad SMARTS) is 1. The molecule has 0 fully saturated rings. The largest absolute Gasteiger partial charge is 0.480 e. The average molecular weight is 275 g/mol. The van der Waals surface area contributed by atoms with Crippen LogP contribution in [-0.4, -0.2) is 35.0 Å². The van der Waals surface area contributed by atoms with Crippen LogP contribution in [0.25, 0.3) is 11.0 Å². The average Bonchev–Trinajstić information content (AvgIpc) is 2.79. The molecule has 0 bridgehead atoms. The van der Waals surface area contributed by atoms with Crippen LogP contribution in [0.4, 0.5) is 0 Å². The van der Waals surface area contributed by atoms with Crippen LogP contribution in [0, 0.1) is 13.8 Å². The minimum absolute atomic E-state index is 0.153. The Morgan fingerprint density at radius 2 is 1.80 bits per heavy atom. The van der Waals surface area contributed by atoms with E-state index in [1.807, 2.05) is 26.0 Å². The van der Waals surface area contributed by atoms with E-state index in [2.05, 4.69) is 0 Å². The lowest BCUT2D eigenvalue weighted by molar-refractivity contribution is -0.141. The van der Waals surface area contributed by atoms with E-state index in [0.717, 1.165) is 21.4 Å². The van der Waals surface area contributed by atoms with Crippen LogP contribution in [0.1, 0.15) is 28.6 Å². The fraction of sp³-hybridized carbons (Fsp3) is 0.333. The number of fused-ring (bicyclic) bond motifs is 1. The van der Waals surface area contributed by atoms with E-state index < -0.39 is 17.9 Å². The molecule has 1 amide bonds. The van der Waals surface area contributed by atoms with Crippen molar-refractivity contribution in [3.05, 3.63) is 35.1 Å². The second-order valence-corrected chi connectivity index (χ2v) is 5.02. The zero-order valence-electron chi connectivity index (χ0n) is 11.9. The van der Waals surface area contributed by atoms with Crippen molar-refractivity contribution in [2.45, 2.75) is 26.8 Å². The van der Waals surface area contributed by atoms with E-state index in [-0.39, 0.29) is 5.76 Å². The van der Waals surface area contributed by atoms with Gasteiger partial charge in [0.25, 0.3) is 5.91 Å². The van der Waals surface area contributed by atoms with Gasteiger partial charge in [-0.15, -0.1) is 0 Å². The predicted molar refractivity (Wildman–Crippen MR) is 74.9 cm³/mol. The normalized spacial score (nSPS) is 12.4. The van der Waals surface area contributed by atoms with Crippen molar-refractivity contribution >= 4 is 22.8 Å². The molecule has 1 aromatic heterocycles. The van der Waals surface area contributed by atoms with Crippen LogP contribution in [0.15, 0.2) is 22.6 Å². The molecule has 2 rings (SSSR count). The molecule has 106 valence electrons. The van der Waals surface area contributed by atoms with Crippen LogP contribution >= 0.6 is 0 Å². The van der Waals surface area contributed by atoms with E-state index in [0.29, 0.717) is 5.58 Å². The Labute approximate surface area is 116 Å². The molecule has 0 saturated carbocycles. The summed E-state index contributed by atoms with van der Waals surface area (Å²) in [5.74, 6) is -1.34. The fourth-order valence-corrected chi connectivity index (χ4v) is 1.92. The van der Waals surface area contributed by atoms with Crippen LogP contribution < -0.4 is 0 Å². The minimum Gasteiger partial charge on any atom is -0.480 e. The molecule has 1 aromatic carbocycles. The number of hydrogen-bond donors (Lipinski definition) is 1. The van der Waals surface area contributed by atoms with Crippen LogP contribution in [-0.2, 0) is 4.79 Å². The lowest BCUT2D eigenvalue weighted by Crippen LogP contribution is -2.40. The molecule has 0 aliphatic carbocycles. The number of likely N-dealkylation sites (N-methyl/N-ethyl adjacent to an activating group) is 1. The van der Waals surface area contributed by atoms with Gasteiger partial charge in [0.15, 0.2) is 5.76 Å². The summed E-state index contributed by atoms with van der Waals surface area (Å²) in [6.07, 6.45) is 0. The quantitative estimate of drug-likeness (QED) is 0.934. The summed E-state index contributed by atoms with van der Waals surface area (Å²) in [4.78, 5) is 24.3. The smallest absolute Gasteiger partial charge is 0.326 e. The van der Waals surface area contributed by atoms with Gasteiger partial charge in [-0.05, 0) is 50.1 Å². The van der Waals surface area contributed by atoms with Crippen molar-refractivity contribution in [2.24, 2.45) is 0 Å².